The maximum atomic E-state index is 12.5. The highest BCUT2D eigenvalue weighted by molar-refractivity contribution is 6.09. The molecular weight excluding hydrogens is 356 g/mol. The summed E-state index contributed by atoms with van der Waals surface area (Å²) in [6.45, 7) is -0.157. The predicted octanol–water partition coefficient (Wildman–Crippen LogP) is 4.20. The Balaban J connectivity index is 1.67. The smallest absolute Gasteiger partial charge is 0.204 e. The van der Waals surface area contributed by atoms with Crippen molar-refractivity contribution in [1.82, 2.24) is 0 Å². The van der Waals surface area contributed by atoms with Crippen LogP contribution in [0.15, 0.2) is 72.8 Å². The maximum absolute atomic E-state index is 12.5. The van der Waals surface area contributed by atoms with Crippen LogP contribution in [-0.2, 0) is 0 Å². The summed E-state index contributed by atoms with van der Waals surface area (Å²) in [5.74, 6) is 1.22. The van der Waals surface area contributed by atoms with E-state index in [1.807, 2.05) is 18.2 Å². The Morgan fingerprint density at radius 1 is 0.750 bits per heavy atom. The molecule has 0 saturated heterocycles. The Hall–Kier alpha value is -3.60. The molecule has 3 aromatic carbocycles. The number of hydrogen-bond acceptors (Lipinski definition) is 5. The number of benzene rings is 3. The summed E-state index contributed by atoms with van der Waals surface area (Å²) >= 11 is 0. The van der Waals surface area contributed by atoms with Gasteiger partial charge in [-0.25, -0.2) is 0 Å². The highest BCUT2D eigenvalue weighted by atomic mass is 16.5. The zero-order valence-electron chi connectivity index (χ0n) is 15.7. The fraction of sp³-hybridized carbons (Fsp3) is 0.130. The van der Waals surface area contributed by atoms with E-state index in [4.69, 9.17) is 14.2 Å². The maximum Gasteiger partial charge on any atom is 0.204 e. The minimum absolute atomic E-state index is 0.0654. The number of carbonyl (C=O) groups excluding carboxylic acids is 2. The van der Waals surface area contributed by atoms with Gasteiger partial charge in [-0.1, -0.05) is 30.3 Å². The number of ether oxygens (including phenoxy) is 3. The van der Waals surface area contributed by atoms with Gasteiger partial charge < -0.3 is 14.2 Å². The normalized spacial score (nSPS) is 10.2. The Labute approximate surface area is 163 Å². The van der Waals surface area contributed by atoms with Crippen molar-refractivity contribution in [3.05, 3.63) is 89.5 Å². The Morgan fingerprint density at radius 3 is 2.04 bits per heavy atom. The molecule has 0 heterocycles. The molecule has 0 aliphatic rings. The fourth-order valence-electron chi connectivity index (χ4n) is 2.72. The van der Waals surface area contributed by atoms with Crippen molar-refractivity contribution in [3.63, 3.8) is 0 Å². The molecule has 5 heteroatoms. The van der Waals surface area contributed by atoms with Crippen molar-refractivity contribution in [3.8, 4) is 17.2 Å². The molecule has 0 bridgehead atoms. The zero-order chi connectivity index (χ0) is 19.9. The number of methoxy groups -OCH3 is 2. The minimum Gasteiger partial charge on any atom is -0.497 e. The first-order valence-corrected chi connectivity index (χ1v) is 8.70. The summed E-state index contributed by atoms with van der Waals surface area (Å²) in [7, 11) is 3.03. The summed E-state index contributed by atoms with van der Waals surface area (Å²) in [6.07, 6.45) is 0. The van der Waals surface area contributed by atoms with Crippen molar-refractivity contribution < 1.29 is 23.8 Å². The molecule has 0 N–H and O–H groups in total. The van der Waals surface area contributed by atoms with Crippen LogP contribution in [0.2, 0.25) is 0 Å². The molecule has 0 atom stereocenters. The van der Waals surface area contributed by atoms with Crippen LogP contribution in [0.3, 0.4) is 0 Å². The van der Waals surface area contributed by atoms with Crippen molar-refractivity contribution in [2.45, 2.75) is 0 Å². The lowest BCUT2D eigenvalue weighted by Crippen LogP contribution is -2.13. The van der Waals surface area contributed by atoms with Crippen LogP contribution in [0.25, 0.3) is 0 Å². The van der Waals surface area contributed by atoms with Crippen molar-refractivity contribution in [2.24, 2.45) is 0 Å². The van der Waals surface area contributed by atoms with E-state index in [0.717, 1.165) is 0 Å². The summed E-state index contributed by atoms with van der Waals surface area (Å²) in [4.78, 5) is 24.9. The van der Waals surface area contributed by atoms with Gasteiger partial charge in [0.1, 0.15) is 17.2 Å². The lowest BCUT2D eigenvalue weighted by Gasteiger charge is -2.11. The van der Waals surface area contributed by atoms with Gasteiger partial charge in [-0.15, -0.1) is 0 Å². The molecule has 28 heavy (non-hydrogen) atoms. The van der Waals surface area contributed by atoms with E-state index in [9.17, 15) is 9.59 Å². The molecule has 0 aromatic heterocycles. The largest absolute Gasteiger partial charge is 0.497 e. The molecule has 0 spiro atoms. The van der Waals surface area contributed by atoms with E-state index >= 15 is 0 Å². The molecule has 0 aliphatic heterocycles. The number of hydrogen-bond donors (Lipinski definition) is 0. The average Bonchev–Trinajstić information content (AvgIpc) is 2.77. The number of ketones is 2. The Kier molecular flexibility index (Phi) is 6.07. The van der Waals surface area contributed by atoms with Gasteiger partial charge in [0.15, 0.2) is 12.4 Å². The Bertz CT molecular complexity index is 962. The zero-order valence-corrected chi connectivity index (χ0v) is 15.7. The van der Waals surface area contributed by atoms with Crippen LogP contribution in [0.1, 0.15) is 26.3 Å². The lowest BCUT2D eigenvalue weighted by molar-refractivity contribution is 0.0917. The van der Waals surface area contributed by atoms with Crippen molar-refractivity contribution in [1.29, 1.82) is 0 Å². The molecule has 0 amide bonds. The molecule has 0 unspecified atom stereocenters. The summed E-state index contributed by atoms with van der Waals surface area (Å²) in [5, 5.41) is 0. The quantitative estimate of drug-likeness (QED) is 0.552. The third kappa shape index (κ3) is 4.38. The second-order valence-electron chi connectivity index (χ2n) is 6.00. The summed E-state index contributed by atoms with van der Waals surface area (Å²) in [6, 6.07) is 20.8. The molecular formula is C23H20O5. The van der Waals surface area contributed by atoms with Crippen molar-refractivity contribution >= 4 is 11.6 Å². The van der Waals surface area contributed by atoms with Crippen LogP contribution in [-0.4, -0.2) is 32.4 Å². The number of carbonyl (C=O) groups is 2. The van der Waals surface area contributed by atoms with Crippen LogP contribution in [0.4, 0.5) is 0 Å². The highest BCUT2D eigenvalue weighted by Gasteiger charge is 2.15. The molecule has 3 rings (SSSR count). The minimum atomic E-state index is -0.236. The number of Topliss-reactive ketones (excluding diaryl/α,β-unsaturated/α-hetero) is 1. The van der Waals surface area contributed by atoms with Gasteiger partial charge in [0.05, 0.1) is 19.8 Å². The second kappa shape index (κ2) is 8.86. The van der Waals surface area contributed by atoms with Gasteiger partial charge in [-0.3, -0.25) is 9.59 Å². The van der Waals surface area contributed by atoms with Gasteiger partial charge in [0.25, 0.3) is 0 Å². The van der Waals surface area contributed by atoms with Crippen LogP contribution in [0, 0.1) is 0 Å². The van der Waals surface area contributed by atoms with Gasteiger partial charge in [-0.05, 0) is 42.5 Å². The van der Waals surface area contributed by atoms with Crippen LogP contribution >= 0.6 is 0 Å². The van der Waals surface area contributed by atoms with E-state index in [1.54, 1.807) is 54.6 Å². The van der Waals surface area contributed by atoms with Gasteiger partial charge in [0, 0.05) is 11.1 Å². The van der Waals surface area contributed by atoms with Crippen LogP contribution in [0.5, 0.6) is 17.2 Å². The molecule has 5 nitrogen and oxygen atoms in total. The third-order valence-electron chi connectivity index (χ3n) is 4.23. The van der Waals surface area contributed by atoms with E-state index < -0.39 is 0 Å². The SMILES string of the molecule is COc1ccc(OC)c(C(=O)COc2ccc(C(=O)c3ccccc3)cc2)c1. The van der Waals surface area contributed by atoms with Gasteiger partial charge >= 0.3 is 0 Å². The molecule has 0 saturated carbocycles. The molecule has 0 fully saturated rings. The van der Waals surface area contributed by atoms with Gasteiger partial charge in [0.2, 0.25) is 5.78 Å². The summed E-state index contributed by atoms with van der Waals surface area (Å²) in [5.41, 5.74) is 1.56. The molecule has 3 aromatic rings. The molecule has 0 radical (unpaired) electrons. The highest BCUT2D eigenvalue weighted by Crippen LogP contribution is 2.25. The lowest BCUT2D eigenvalue weighted by atomic mass is 10.0. The average molecular weight is 376 g/mol. The fourth-order valence-corrected chi connectivity index (χ4v) is 2.72. The van der Waals surface area contributed by atoms with E-state index in [2.05, 4.69) is 0 Å². The van der Waals surface area contributed by atoms with Crippen LogP contribution < -0.4 is 14.2 Å². The first-order chi connectivity index (χ1) is 13.6. The van der Waals surface area contributed by atoms with Gasteiger partial charge in [-0.2, -0.15) is 0 Å². The first kappa shape index (κ1) is 19.2. The summed E-state index contributed by atoms with van der Waals surface area (Å²) < 4.78 is 16.0. The first-order valence-electron chi connectivity index (χ1n) is 8.70. The third-order valence-corrected chi connectivity index (χ3v) is 4.23. The number of rotatable bonds is 8. The molecule has 142 valence electrons. The van der Waals surface area contributed by atoms with E-state index in [-0.39, 0.29) is 18.2 Å². The second-order valence-corrected chi connectivity index (χ2v) is 6.00. The monoisotopic (exact) mass is 376 g/mol. The topological polar surface area (TPSA) is 61.8 Å². The van der Waals surface area contributed by atoms with E-state index in [0.29, 0.717) is 33.9 Å². The van der Waals surface area contributed by atoms with E-state index in [1.165, 1.54) is 14.2 Å². The predicted molar refractivity (Wildman–Crippen MR) is 106 cm³/mol. The van der Waals surface area contributed by atoms with Crippen molar-refractivity contribution in [2.75, 3.05) is 20.8 Å². The molecule has 0 aliphatic carbocycles. The standard InChI is InChI=1S/C23H20O5/c1-26-19-12-13-22(27-2)20(14-19)21(24)15-28-18-10-8-17(9-11-18)23(25)16-6-4-3-5-7-16/h3-14H,15H2,1-2H3. The Morgan fingerprint density at radius 2 is 1.39 bits per heavy atom.